The first kappa shape index (κ1) is 38.7. The van der Waals surface area contributed by atoms with Crippen molar-refractivity contribution < 1.29 is 18.0 Å². The maximum absolute atomic E-state index is 12.8. The van der Waals surface area contributed by atoms with Crippen LogP contribution in [0.2, 0.25) is 0 Å². The molecule has 2 aliphatic rings. The van der Waals surface area contributed by atoms with Crippen molar-refractivity contribution in [2.75, 3.05) is 69.6 Å². The SMILES string of the molecule is C#CC/C=C(\C)N1CCCN(C(=O)CCCN2CCN(c3ccc(C(C)(C)C)cc3)CC2)CC1.CC.CCSC(F)(F)F. The summed E-state index contributed by atoms with van der Waals surface area (Å²) in [6.07, 6.45) is 10.8. The smallest absolute Gasteiger partial charge is 0.373 e. The van der Waals surface area contributed by atoms with Gasteiger partial charge in [-0.05, 0) is 55.2 Å². The molecule has 0 aromatic heterocycles. The first-order chi connectivity index (χ1) is 20.3. The standard InChI is InChI=1S/C29H44N4O.C3H5F3S.C2H6/c1-6-7-10-25(2)31-17-9-18-33(24-23-31)28(34)11-8-16-30-19-21-32(22-20-30)27-14-12-26(13-15-27)29(3,4)5;1-2-7-3(4,5)6;1-2/h1,10,12-15H,7-9,11,16-24H2,2-5H3;2H2,1H3;1-2H3/b25-10+;;. The molecule has 0 radical (unpaired) electrons. The van der Waals surface area contributed by atoms with Gasteiger partial charge in [0.1, 0.15) is 0 Å². The molecule has 0 spiro atoms. The van der Waals surface area contributed by atoms with Crippen LogP contribution < -0.4 is 4.90 Å². The first-order valence-electron chi connectivity index (χ1n) is 15.8. The fourth-order valence-corrected chi connectivity index (χ4v) is 5.36. The highest BCUT2D eigenvalue weighted by atomic mass is 32.2. The van der Waals surface area contributed by atoms with Crippen molar-refractivity contribution in [3.63, 3.8) is 0 Å². The number of terminal acetylenes is 1. The number of benzene rings is 1. The van der Waals surface area contributed by atoms with E-state index in [1.54, 1.807) is 0 Å². The second-order valence-electron chi connectivity index (χ2n) is 11.6. The van der Waals surface area contributed by atoms with Crippen molar-refractivity contribution in [2.45, 2.75) is 85.1 Å². The average Bonchev–Trinajstić information content (AvgIpc) is 3.23. The van der Waals surface area contributed by atoms with E-state index in [4.69, 9.17) is 6.42 Å². The van der Waals surface area contributed by atoms with Gasteiger partial charge in [-0.15, -0.1) is 12.3 Å². The summed E-state index contributed by atoms with van der Waals surface area (Å²) in [5.74, 6) is 3.08. The molecule has 0 saturated carbocycles. The lowest BCUT2D eigenvalue weighted by Gasteiger charge is -2.36. The Morgan fingerprint density at radius 2 is 1.53 bits per heavy atom. The van der Waals surface area contributed by atoms with Gasteiger partial charge < -0.3 is 14.7 Å². The van der Waals surface area contributed by atoms with Crippen LogP contribution in [0.4, 0.5) is 18.9 Å². The van der Waals surface area contributed by atoms with Crippen LogP contribution in [0, 0.1) is 12.3 Å². The van der Waals surface area contributed by atoms with Gasteiger partial charge in [-0.3, -0.25) is 9.69 Å². The molecule has 1 amide bonds. The molecule has 2 aliphatic heterocycles. The van der Waals surface area contributed by atoms with Gasteiger partial charge in [-0.1, -0.05) is 71.5 Å². The van der Waals surface area contributed by atoms with Crippen molar-refractivity contribution >= 4 is 23.4 Å². The topological polar surface area (TPSA) is 30.0 Å². The van der Waals surface area contributed by atoms with Crippen LogP contribution in [-0.4, -0.2) is 90.8 Å². The fraction of sp³-hybridized carbons (Fsp3) is 0.676. The number of halogens is 3. The lowest BCUT2D eigenvalue weighted by molar-refractivity contribution is -0.131. The van der Waals surface area contributed by atoms with Crippen LogP contribution in [0.15, 0.2) is 36.0 Å². The number of carbonyl (C=O) groups is 1. The summed E-state index contributed by atoms with van der Waals surface area (Å²) in [6.45, 7) is 23.2. The van der Waals surface area contributed by atoms with E-state index >= 15 is 0 Å². The van der Waals surface area contributed by atoms with Crippen molar-refractivity contribution in [1.82, 2.24) is 14.7 Å². The molecule has 2 saturated heterocycles. The quantitative estimate of drug-likeness (QED) is 0.278. The van der Waals surface area contributed by atoms with E-state index in [2.05, 4.69) is 83.6 Å². The molecule has 2 fully saturated rings. The van der Waals surface area contributed by atoms with Gasteiger partial charge in [-0.2, -0.15) is 13.2 Å². The molecule has 0 bridgehead atoms. The zero-order valence-electron chi connectivity index (χ0n) is 27.6. The van der Waals surface area contributed by atoms with Crippen molar-refractivity contribution in [3.8, 4) is 12.3 Å². The van der Waals surface area contributed by atoms with Crippen LogP contribution in [0.3, 0.4) is 0 Å². The van der Waals surface area contributed by atoms with E-state index in [1.165, 1.54) is 23.9 Å². The summed E-state index contributed by atoms with van der Waals surface area (Å²) in [6, 6.07) is 9.07. The van der Waals surface area contributed by atoms with E-state index in [1.807, 2.05) is 13.8 Å². The molecule has 9 heteroatoms. The second-order valence-corrected chi connectivity index (χ2v) is 12.9. The van der Waals surface area contributed by atoms with Crippen LogP contribution in [0.5, 0.6) is 0 Å². The summed E-state index contributed by atoms with van der Waals surface area (Å²) in [5, 5.41) is 0. The van der Waals surface area contributed by atoms with Crippen LogP contribution in [0.1, 0.15) is 79.7 Å². The number of allylic oxidation sites excluding steroid dienone is 2. The average molecular weight is 625 g/mol. The Bertz CT molecular complexity index is 991. The normalized spacial score (nSPS) is 16.8. The lowest BCUT2D eigenvalue weighted by Crippen LogP contribution is -2.46. The predicted molar refractivity (Wildman–Crippen MR) is 179 cm³/mol. The first-order valence-corrected chi connectivity index (χ1v) is 16.7. The molecule has 43 heavy (non-hydrogen) atoms. The Morgan fingerprint density at radius 1 is 0.953 bits per heavy atom. The van der Waals surface area contributed by atoms with E-state index in [-0.39, 0.29) is 22.9 Å². The Hall–Kier alpha value is -2.31. The largest absolute Gasteiger partial charge is 0.441 e. The number of rotatable bonds is 8. The highest BCUT2D eigenvalue weighted by molar-refractivity contribution is 8.00. The summed E-state index contributed by atoms with van der Waals surface area (Å²) >= 11 is -0.0116. The fourth-order valence-electron chi connectivity index (χ4n) is 5.03. The number of alkyl halides is 3. The molecular formula is C34H55F3N4OS. The molecule has 0 N–H and O–H groups in total. The summed E-state index contributed by atoms with van der Waals surface area (Å²) in [7, 11) is 0. The maximum Gasteiger partial charge on any atom is 0.441 e. The van der Waals surface area contributed by atoms with Gasteiger partial charge in [0, 0.05) is 76.6 Å². The number of thioether (sulfide) groups is 1. The van der Waals surface area contributed by atoms with Gasteiger partial charge in [-0.25, -0.2) is 0 Å². The predicted octanol–water partition coefficient (Wildman–Crippen LogP) is 7.63. The monoisotopic (exact) mass is 624 g/mol. The number of hydrogen-bond donors (Lipinski definition) is 0. The molecule has 2 heterocycles. The van der Waals surface area contributed by atoms with Gasteiger partial charge in [0.15, 0.2) is 0 Å². The van der Waals surface area contributed by atoms with E-state index in [0.29, 0.717) is 18.7 Å². The van der Waals surface area contributed by atoms with Gasteiger partial charge in [0.05, 0.1) is 0 Å². The molecular weight excluding hydrogens is 569 g/mol. The Balaban J connectivity index is 0.000000901. The third kappa shape index (κ3) is 15.3. The van der Waals surface area contributed by atoms with Crippen LogP contribution in [0.25, 0.3) is 0 Å². The number of anilines is 1. The third-order valence-corrected chi connectivity index (χ3v) is 8.12. The molecule has 5 nitrogen and oxygen atoms in total. The molecule has 3 rings (SSSR count). The van der Waals surface area contributed by atoms with Gasteiger partial charge in [0.2, 0.25) is 5.91 Å². The minimum atomic E-state index is -4.03. The molecule has 1 aromatic rings. The number of amides is 1. The van der Waals surface area contributed by atoms with Crippen LogP contribution in [-0.2, 0) is 10.2 Å². The molecule has 0 aliphatic carbocycles. The highest BCUT2D eigenvalue weighted by Crippen LogP contribution is 2.29. The zero-order valence-corrected chi connectivity index (χ0v) is 28.4. The third-order valence-electron chi connectivity index (χ3n) is 7.51. The van der Waals surface area contributed by atoms with Crippen LogP contribution >= 0.6 is 11.8 Å². The Morgan fingerprint density at radius 3 is 2.05 bits per heavy atom. The summed E-state index contributed by atoms with van der Waals surface area (Å²) < 4.78 is 33.1. The van der Waals surface area contributed by atoms with E-state index < -0.39 is 5.51 Å². The number of piperazine rings is 1. The van der Waals surface area contributed by atoms with E-state index in [0.717, 1.165) is 71.7 Å². The van der Waals surface area contributed by atoms with Crippen molar-refractivity contribution in [2.24, 2.45) is 0 Å². The van der Waals surface area contributed by atoms with Crippen molar-refractivity contribution in [3.05, 3.63) is 41.6 Å². The lowest BCUT2D eigenvalue weighted by atomic mass is 9.87. The number of hydrogen-bond acceptors (Lipinski definition) is 5. The zero-order chi connectivity index (χ0) is 32.5. The molecule has 0 unspecified atom stereocenters. The molecule has 0 atom stereocenters. The highest BCUT2D eigenvalue weighted by Gasteiger charge is 2.26. The summed E-state index contributed by atoms with van der Waals surface area (Å²) in [4.78, 5) is 22.2. The Kier molecular flexibility index (Phi) is 17.9. The summed E-state index contributed by atoms with van der Waals surface area (Å²) in [5.41, 5.74) is 0.0972. The number of nitrogens with zero attached hydrogens (tertiary/aromatic N) is 4. The molecule has 244 valence electrons. The minimum absolute atomic E-state index is 0.0116. The van der Waals surface area contributed by atoms with Crippen molar-refractivity contribution in [1.29, 1.82) is 0 Å². The molecule has 1 aromatic carbocycles. The second kappa shape index (κ2) is 19.9. The Labute approximate surface area is 264 Å². The van der Waals surface area contributed by atoms with Gasteiger partial charge in [0.25, 0.3) is 0 Å². The minimum Gasteiger partial charge on any atom is -0.373 e. The van der Waals surface area contributed by atoms with E-state index in [9.17, 15) is 18.0 Å². The van der Waals surface area contributed by atoms with Gasteiger partial charge >= 0.3 is 5.51 Å². The number of carbonyl (C=O) groups excluding carboxylic acids is 1. The maximum atomic E-state index is 12.8.